The van der Waals surface area contributed by atoms with Crippen molar-refractivity contribution in [3.63, 3.8) is 0 Å². The molecule has 0 atom stereocenters. The summed E-state index contributed by atoms with van der Waals surface area (Å²) in [5.74, 6) is -0.521. The van der Waals surface area contributed by atoms with Crippen LogP contribution in [0.5, 0.6) is 11.5 Å². The van der Waals surface area contributed by atoms with Gasteiger partial charge in [0.25, 0.3) is 0 Å². The van der Waals surface area contributed by atoms with Gasteiger partial charge in [-0.05, 0) is 42.0 Å². The van der Waals surface area contributed by atoms with Gasteiger partial charge in [-0.25, -0.2) is 9.18 Å². The molecule has 2 aromatic rings. The lowest BCUT2D eigenvalue weighted by molar-refractivity contribution is -0.136. The number of carbonyl (C=O) groups is 2. The first-order valence-electron chi connectivity index (χ1n) is 8.25. The van der Waals surface area contributed by atoms with E-state index < -0.39 is 18.4 Å². The quantitative estimate of drug-likeness (QED) is 0.437. The molecule has 3 rings (SSSR count). The van der Waals surface area contributed by atoms with E-state index >= 15 is 0 Å². The molecular weight excluding hydrogens is 375 g/mol. The van der Waals surface area contributed by atoms with Crippen molar-refractivity contribution in [1.29, 1.82) is 0 Å². The van der Waals surface area contributed by atoms with Gasteiger partial charge in [0.2, 0.25) is 0 Å². The molecule has 0 fully saturated rings. The summed E-state index contributed by atoms with van der Waals surface area (Å²) in [5.41, 5.74) is 0.897. The third kappa shape index (κ3) is 5.08. The van der Waals surface area contributed by atoms with Crippen molar-refractivity contribution in [2.24, 2.45) is 0 Å². The highest BCUT2D eigenvalue weighted by Gasteiger charge is 2.15. The van der Waals surface area contributed by atoms with E-state index in [0.717, 1.165) is 12.5 Å². The van der Waals surface area contributed by atoms with Gasteiger partial charge in [-0.15, -0.1) is 0 Å². The Morgan fingerprint density at radius 1 is 1.11 bits per heavy atom. The molecule has 0 unspecified atom stereocenters. The maximum Gasteiger partial charge on any atom is 0.331 e. The van der Waals surface area contributed by atoms with Crippen LogP contribution in [0.1, 0.15) is 22.3 Å². The van der Waals surface area contributed by atoms with Crippen molar-refractivity contribution in [2.75, 3.05) is 19.8 Å². The van der Waals surface area contributed by atoms with Crippen molar-refractivity contribution >= 4 is 29.4 Å². The SMILES string of the molecule is O=C(/C=C/c1ccc(F)c(Cl)c1)OCC(=O)c1ccc2c(c1)OCCCO2. The molecule has 0 aromatic heterocycles. The van der Waals surface area contributed by atoms with Gasteiger partial charge in [0.1, 0.15) is 5.82 Å². The number of benzene rings is 2. The molecule has 0 amide bonds. The number of carbonyl (C=O) groups excluding carboxylic acids is 2. The maximum atomic E-state index is 13.1. The van der Waals surface area contributed by atoms with E-state index in [-0.39, 0.29) is 10.8 Å². The fourth-order valence-electron chi connectivity index (χ4n) is 2.39. The van der Waals surface area contributed by atoms with Crippen molar-refractivity contribution < 1.29 is 28.2 Å². The summed E-state index contributed by atoms with van der Waals surface area (Å²) in [7, 11) is 0. The molecule has 0 radical (unpaired) electrons. The van der Waals surface area contributed by atoms with Crippen LogP contribution in [0, 0.1) is 5.82 Å². The Balaban J connectivity index is 1.57. The molecule has 140 valence electrons. The number of hydrogen-bond acceptors (Lipinski definition) is 5. The van der Waals surface area contributed by atoms with Gasteiger partial charge in [0.15, 0.2) is 23.9 Å². The topological polar surface area (TPSA) is 61.8 Å². The summed E-state index contributed by atoms with van der Waals surface area (Å²) in [5, 5.41) is -0.0462. The van der Waals surface area contributed by atoms with Gasteiger partial charge < -0.3 is 14.2 Å². The molecule has 0 aliphatic carbocycles. The summed E-state index contributed by atoms with van der Waals surface area (Å²) < 4.78 is 29.1. The van der Waals surface area contributed by atoms with Crippen LogP contribution in [0.4, 0.5) is 4.39 Å². The van der Waals surface area contributed by atoms with Crippen LogP contribution in [0.3, 0.4) is 0 Å². The minimum atomic E-state index is -0.696. The average Bonchev–Trinajstić information content (AvgIpc) is 2.91. The molecule has 1 heterocycles. The molecule has 0 saturated carbocycles. The number of ether oxygens (including phenoxy) is 3. The van der Waals surface area contributed by atoms with Gasteiger partial charge in [-0.1, -0.05) is 17.7 Å². The van der Waals surface area contributed by atoms with Crippen LogP contribution in [-0.2, 0) is 9.53 Å². The molecular formula is C20H16ClFO5. The van der Waals surface area contributed by atoms with Crippen LogP contribution in [0.2, 0.25) is 5.02 Å². The number of fused-ring (bicyclic) bond motifs is 1. The molecule has 1 aliphatic heterocycles. The fraction of sp³-hybridized carbons (Fsp3) is 0.200. The molecule has 5 nitrogen and oxygen atoms in total. The Bertz CT molecular complexity index is 894. The highest BCUT2D eigenvalue weighted by atomic mass is 35.5. The number of halogens is 2. The number of ketones is 1. The Labute approximate surface area is 160 Å². The summed E-state index contributed by atoms with van der Waals surface area (Å²) >= 11 is 5.67. The fourth-order valence-corrected chi connectivity index (χ4v) is 2.57. The third-order valence-corrected chi connectivity index (χ3v) is 4.06. The van der Waals surface area contributed by atoms with Crippen molar-refractivity contribution in [3.8, 4) is 11.5 Å². The van der Waals surface area contributed by atoms with Crippen molar-refractivity contribution in [3.05, 3.63) is 64.4 Å². The van der Waals surface area contributed by atoms with Gasteiger partial charge in [0.05, 0.1) is 18.2 Å². The van der Waals surface area contributed by atoms with Crippen LogP contribution in [0.15, 0.2) is 42.5 Å². The van der Waals surface area contributed by atoms with E-state index in [2.05, 4.69) is 0 Å². The van der Waals surface area contributed by atoms with E-state index in [1.807, 2.05) is 0 Å². The molecule has 0 saturated heterocycles. The monoisotopic (exact) mass is 390 g/mol. The van der Waals surface area contributed by atoms with Gasteiger partial charge >= 0.3 is 5.97 Å². The third-order valence-electron chi connectivity index (χ3n) is 3.77. The Morgan fingerprint density at radius 3 is 2.67 bits per heavy atom. The largest absolute Gasteiger partial charge is 0.490 e. The Morgan fingerprint density at radius 2 is 1.89 bits per heavy atom. The molecule has 0 spiro atoms. The zero-order valence-corrected chi connectivity index (χ0v) is 15.0. The van der Waals surface area contributed by atoms with E-state index in [1.165, 1.54) is 24.3 Å². The second-order valence-electron chi connectivity index (χ2n) is 5.75. The lowest BCUT2D eigenvalue weighted by atomic mass is 10.1. The van der Waals surface area contributed by atoms with Crippen LogP contribution in [0.25, 0.3) is 6.08 Å². The van der Waals surface area contributed by atoms with E-state index in [0.29, 0.717) is 35.8 Å². The minimum absolute atomic E-state index is 0.0462. The maximum absolute atomic E-state index is 13.1. The van der Waals surface area contributed by atoms with Gasteiger partial charge in [-0.2, -0.15) is 0 Å². The highest BCUT2D eigenvalue weighted by molar-refractivity contribution is 6.30. The summed E-state index contributed by atoms with van der Waals surface area (Å²) in [4.78, 5) is 24.0. The smallest absolute Gasteiger partial charge is 0.331 e. The average molecular weight is 391 g/mol. The predicted molar refractivity (Wildman–Crippen MR) is 97.8 cm³/mol. The number of hydrogen-bond donors (Lipinski definition) is 0. The number of rotatable bonds is 5. The minimum Gasteiger partial charge on any atom is -0.490 e. The van der Waals surface area contributed by atoms with Gasteiger partial charge in [-0.3, -0.25) is 4.79 Å². The normalized spacial score (nSPS) is 13.3. The highest BCUT2D eigenvalue weighted by Crippen LogP contribution is 2.30. The molecule has 2 aromatic carbocycles. The summed E-state index contributed by atoms with van der Waals surface area (Å²) in [6.07, 6.45) is 3.33. The number of Topliss-reactive ketones (excluding diaryl/α,β-unsaturated/α-hetero) is 1. The molecule has 1 aliphatic rings. The van der Waals surface area contributed by atoms with Crippen LogP contribution in [-0.4, -0.2) is 31.6 Å². The molecule has 0 N–H and O–H groups in total. The molecule has 27 heavy (non-hydrogen) atoms. The summed E-state index contributed by atoms with van der Waals surface area (Å²) in [6.45, 7) is 0.661. The zero-order valence-electron chi connectivity index (χ0n) is 14.2. The van der Waals surface area contributed by atoms with E-state index in [4.69, 9.17) is 25.8 Å². The van der Waals surface area contributed by atoms with E-state index in [1.54, 1.807) is 18.2 Å². The molecule has 7 heteroatoms. The second-order valence-corrected chi connectivity index (χ2v) is 6.16. The zero-order chi connectivity index (χ0) is 19.2. The molecule has 0 bridgehead atoms. The van der Waals surface area contributed by atoms with Crippen LogP contribution >= 0.6 is 11.6 Å². The van der Waals surface area contributed by atoms with Crippen molar-refractivity contribution in [1.82, 2.24) is 0 Å². The first-order chi connectivity index (χ1) is 13.0. The summed E-state index contributed by atoms with van der Waals surface area (Å²) in [6, 6.07) is 8.87. The first kappa shape index (κ1) is 18.9. The Kier molecular flexibility index (Phi) is 6.08. The van der Waals surface area contributed by atoms with Gasteiger partial charge in [0, 0.05) is 18.1 Å². The predicted octanol–water partition coefficient (Wildman–Crippen LogP) is 4.08. The van der Waals surface area contributed by atoms with Crippen LogP contribution < -0.4 is 9.47 Å². The van der Waals surface area contributed by atoms with Crippen molar-refractivity contribution in [2.45, 2.75) is 6.42 Å². The first-order valence-corrected chi connectivity index (χ1v) is 8.63. The number of esters is 1. The standard InChI is InChI=1S/C20H16ClFO5/c21-15-10-13(2-5-16(15)22)3-7-20(24)27-12-17(23)14-4-6-18-19(11-14)26-9-1-8-25-18/h2-7,10-11H,1,8-9,12H2/b7-3+. The van der Waals surface area contributed by atoms with E-state index in [9.17, 15) is 14.0 Å². The lowest BCUT2D eigenvalue weighted by Crippen LogP contribution is -2.12. The second kappa shape index (κ2) is 8.68. The Hall–Kier alpha value is -2.86. The lowest BCUT2D eigenvalue weighted by Gasteiger charge is -2.08.